The highest BCUT2D eigenvalue weighted by molar-refractivity contribution is 7.09. The second-order valence-corrected chi connectivity index (χ2v) is 9.61. The van der Waals surface area contributed by atoms with E-state index in [-0.39, 0.29) is 6.17 Å². The van der Waals surface area contributed by atoms with Crippen LogP contribution < -0.4 is 10.6 Å². The normalized spacial score (nSPS) is 18.1. The third-order valence-electron chi connectivity index (χ3n) is 6.48. The fourth-order valence-electron chi connectivity index (χ4n) is 4.50. The molecular weight excluding hydrogens is 480 g/mol. The number of halogens is 4. The molecule has 0 spiro atoms. The molecule has 1 fully saturated rings. The van der Waals surface area contributed by atoms with Crippen LogP contribution in [0.25, 0.3) is 6.20 Å². The number of aromatic nitrogens is 3. The van der Waals surface area contributed by atoms with Crippen molar-refractivity contribution < 1.29 is 17.6 Å². The molecule has 2 aromatic heterocycles. The highest BCUT2D eigenvalue weighted by atomic mass is 32.1. The average molecular weight is 507 g/mol. The number of benzene rings is 1. The van der Waals surface area contributed by atoms with Crippen LogP contribution in [0.2, 0.25) is 0 Å². The van der Waals surface area contributed by atoms with E-state index in [4.69, 9.17) is 4.98 Å². The number of nitrogens with zero attached hydrogens (tertiary/aromatic N) is 4. The van der Waals surface area contributed by atoms with Crippen LogP contribution in [-0.4, -0.2) is 32.8 Å². The summed E-state index contributed by atoms with van der Waals surface area (Å²) in [6.07, 6.45) is -1.05. The quantitative estimate of drug-likeness (QED) is 0.438. The van der Waals surface area contributed by atoms with Crippen molar-refractivity contribution in [2.45, 2.75) is 50.9 Å². The van der Waals surface area contributed by atoms with Gasteiger partial charge in [-0.2, -0.15) is 5.10 Å². The summed E-state index contributed by atoms with van der Waals surface area (Å²) in [7, 11) is 0. The second-order valence-electron chi connectivity index (χ2n) is 8.72. The van der Waals surface area contributed by atoms with Gasteiger partial charge in [0.1, 0.15) is 17.6 Å². The van der Waals surface area contributed by atoms with Crippen LogP contribution in [0, 0.1) is 0 Å². The van der Waals surface area contributed by atoms with Gasteiger partial charge in [0.15, 0.2) is 0 Å². The van der Waals surface area contributed by atoms with Gasteiger partial charge in [0.05, 0.1) is 10.7 Å². The highest BCUT2D eigenvalue weighted by Crippen LogP contribution is 2.32. The molecule has 0 radical (unpaired) electrons. The van der Waals surface area contributed by atoms with Crippen molar-refractivity contribution in [2.24, 2.45) is 0 Å². The van der Waals surface area contributed by atoms with Crippen LogP contribution in [0.4, 0.5) is 17.6 Å². The molecule has 35 heavy (non-hydrogen) atoms. The summed E-state index contributed by atoms with van der Waals surface area (Å²) in [6.45, 7) is 3.01. The number of hydrogen-bond acceptors (Lipinski definition) is 6. The fourth-order valence-corrected chi connectivity index (χ4v) is 5.52. The maximum Gasteiger partial charge on any atom is 0.282 e. The Labute approximate surface area is 204 Å². The number of likely N-dealkylation sites (tertiary alicyclic amines) is 1. The molecule has 0 unspecified atom stereocenters. The van der Waals surface area contributed by atoms with E-state index in [2.05, 4.69) is 45.4 Å². The third-order valence-corrected chi connectivity index (χ3v) is 7.50. The predicted octanol–water partition coefficient (Wildman–Crippen LogP) is 5.41. The molecule has 0 atom stereocenters. The molecule has 0 saturated carbocycles. The van der Waals surface area contributed by atoms with Gasteiger partial charge in [-0.25, -0.2) is 27.2 Å². The minimum Gasteiger partial charge on any atom is -0.376 e. The Hall–Kier alpha value is -2.76. The summed E-state index contributed by atoms with van der Waals surface area (Å²) in [5, 5.41) is 13.9. The van der Waals surface area contributed by atoms with Gasteiger partial charge < -0.3 is 4.90 Å². The second kappa shape index (κ2) is 10.5. The van der Waals surface area contributed by atoms with E-state index >= 15 is 0 Å². The lowest BCUT2D eigenvalue weighted by Gasteiger charge is -2.30. The Morgan fingerprint density at radius 3 is 2.29 bits per heavy atom. The van der Waals surface area contributed by atoms with Gasteiger partial charge in [0.2, 0.25) is 0 Å². The van der Waals surface area contributed by atoms with Gasteiger partial charge in [-0.1, -0.05) is 24.3 Å². The lowest BCUT2D eigenvalue weighted by molar-refractivity contribution is 0.143. The van der Waals surface area contributed by atoms with Crippen molar-refractivity contribution in [3.63, 3.8) is 0 Å². The van der Waals surface area contributed by atoms with Crippen molar-refractivity contribution in [3.05, 3.63) is 75.1 Å². The largest absolute Gasteiger partial charge is 0.376 e. The number of rotatable bonds is 6. The summed E-state index contributed by atoms with van der Waals surface area (Å²) in [5.74, 6) is 0.327. The molecule has 2 aliphatic rings. The molecule has 186 valence electrons. The lowest BCUT2D eigenvalue weighted by Crippen LogP contribution is -2.31. The Morgan fingerprint density at radius 2 is 1.66 bits per heavy atom. The first kappa shape index (κ1) is 24.0. The molecule has 11 heteroatoms. The number of piperidine rings is 1. The number of alkyl halides is 4. The van der Waals surface area contributed by atoms with Crippen LogP contribution in [-0.2, 0) is 13.1 Å². The van der Waals surface area contributed by atoms with E-state index in [0.717, 1.165) is 60.5 Å². The van der Waals surface area contributed by atoms with E-state index in [9.17, 15) is 17.6 Å². The molecule has 1 aromatic carbocycles. The van der Waals surface area contributed by atoms with Gasteiger partial charge >= 0.3 is 0 Å². The SMILES string of the molecule is FC(F)c1cc(C(F)F)n(C=CN2CCC(c3nc(C4NCc5ccccc5CN4)cs3)CC2)n1. The van der Waals surface area contributed by atoms with Gasteiger partial charge in [-0.15, -0.1) is 11.3 Å². The monoisotopic (exact) mass is 506 g/mol. The van der Waals surface area contributed by atoms with E-state index < -0.39 is 24.2 Å². The van der Waals surface area contributed by atoms with Gasteiger partial charge in [-0.3, -0.25) is 10.6 Å². The summed E-state index contributed by atoms with van der Waals surface area (Å²) in [5.41, 5.74) is 2.39. The number of fused-ring (bicyclic) bond motifs is 1. The van der Waals surface area contributed by atoms with Crippen LogP contribution in [0.15, 0.2) is 41.9 Å². The molecule has 0 aliphatic carbocycles. The minimum absolute atomic E-state index is 0.00773. The average Bonchev–Trinajstić information content (AvgIpc) is 3.47. The van der Waals surface area contributed by atoms with Crippen LogP contribution in [0.3, 0.4) is 0 Å². The molecular formula is C24H26F4N6S. The first-order valence-electron chi connectivity index (χ1n) is 11.5. The van der Waals surface area contributed by atoms with Crippen LogP contribution in [0.5, 0.6) is 0 Å². The van der Waals surface area contributed by atoms with Gasteiger partial charge in [-0.05, 0) is 30.0 Å². The van der Waals surface area contributed by atoms with Crippen LogP contribution >= 0.6 is 11.3 Å². The smallest absolute Gasteiger partial charge is 0.282 e. The third kappa shape index (κ3) is 5.41. The molecule has 3 aromatic rings. The summed E-state index contributed by atoms with van der Waals surface area (Å²) in [6, 6.07) is 9.13. The fraction of sp³-hybridized carbons (Fsp3) is 0.417. The standard InChI is InChI=1S/C24H26F4N6S/c25-21(26)18-11-20(22(27)28)34(32-18)10-9-33-7-5-15(6-8-33)24-31-19(14-35-24)23-29-12-16-3-1-2-4-17(16)13-30-23/h1-4,9-11,14-15,21-23,29-30H,5-8,12-13H2. The number of thiazole rings is 1. The van der Waals surface area contributed by atoms with E-state index in [1.54, 1.807) is 17.5 Å². The van der Waals surface area contributed by atoms with Crippen molar-refractivity contribution >= 4 is 17.5 Å². The Balaban J connectivity index is 1.17. The van der Waals surface area contributed by atoms with Gasteiger partial charge in [0.25, 0.3) is 12.9 Å². The predicted molar refractivity (Wildman–Crippen MR) is 126 cm³/mol. The molecule has 0 amide bonds. The molecule has 1 saturated heterocycles. The zero-order valence-corrected chi connectivity index (χ0v) is 19.7. The maximum absolute atomic E-state index is 13.2. The molecule has 5 rings (SSSR count). The minimum atomic E-state index is -2.89. The highest BCUT2D eigenvalue weighted by Gasteiger charge is 2.25. The van der Waals surface area contributed by atoms with Crippen molar-refractivity contribution in [2.75, 3.05) is 13.1 Å². The van der Waals surface area contributed by atoms with E-state index in [1.165, 1.54) is 17.3 Å². The Bertz CT molecular complexity index is 1140. The molecule has 2 aliphatic heterocycles. The Kier molecular flexibility index (Phi) is 7.17. The van der Waals surface area contributed by atoms with Crippen molar-refractivity contribution in [1.82, 2.24) is 30.3 Å². The van der Waals surface area contributed by atoms with E-state index in [1.807, 2.05) is 4.90 Å². The summed E-state index contributed by atoms with van der Waals surface area (Å²) >= 11 is 1.67. The maximum atomic E-state index is 13.2. The topological polar surface area (TPSA) is 58.0 Å². The zero-order chi connectivity index (χ0) is 24.4. The van der Waals surface area contributed by atoms with Crippen molar-refractivity contribution in [3.8, 4) is 0 Å². The molecule has 6 nitrogen and oxygen atoms in total. The Morgan fingerprint density at radius 1 is 0.971 bits per heavy atom. The summed E-state index contributed by atoms with van der Waals surface area (Å²) < 4.78 is 52.9. The van der Waals surface area contributed by atoms with Gasteiger partial charge in [0, 0.05) is 49.9 Å². The van der Waals surface area contributed by atoms with Crippen molar-refractivity contribution in [1.29, 1.82) is 0 Å². The number of hydrogen-bond donors (Lipinski definition) is 2. The first-order chi connectivity index (χ1) is 17.0. The zero-order valence-electron chi connectivity index (χ0n) is 18.9. The molecule has 0 bridgehead atoms. The first-order valence-corrected chi connectivity index (χ1v) is 12.4. The molecule has 2 N–H and O–H groups in total. The lowest BCUT2D eigenvalue weighted by atomic mass is 9.98. The van der Waals surface area contributed by atoms with E-state index in [0.29, 0.717) is 5.92 Å². The molecule has 4 heterocycles. The number of nitrogens with one attached hydrogen (secondary N) is 2. The van der Waals surface area contributed by atoms with Crippen LogP contribution in [0.1, 0.15) is 71.0 Å². The summed E-state index contributed by atoms with van der Waals surface area (Å²) in [4.78, 5) is 6.92.